The standard InChI is InChI=1S/C16H21N5O2S/c1-4-11-9-24-16(18-11)19-15(23)12-5-6-13(22)21(3)14(12)10-7-17-20(2)8-10/h7-9,12,14H,4-6H2,1-3H3,(H,18,19,23)/t12-,14+/m1/s1. The third-order valence-corrected chi connectivity index (χ3v) is 5.21. The van der Waals surface area contributed by atoms with E-state index < -0.39 is 0 Å². The minimum Gasteiger partial charge on any atom is -0.338 e. The maximum absolute atomic E-state index is 12.8. The molecule has 0 aromatic carbocycles. The fraction of sp³-hybridized carbons (Fsp3) is 0.500. The van der Waals surface area contributed by atoms with E-state index in [1.807, 2.05) is 25.5 Å². The van der Waals surface area contributed by atoms with Crippen LogP contribution in [0.1, 0.15) is 37.1 Å². The smallest absolute Gasteiger partial charge is 0.231 e. The van der Waals surface area contributed by atoms with Gasteiger partial charge in [0.25, 0.3) is 0 Å². The van der Waals surface area contributed by atoms with Gasteiger partial charge in [0.05, 0.1) is 23.9 Å². The molecule has 1 fully saturated rings. The summed E-state index contributed by atoms with van der Waals surface area (Å²) in [5.41, 5.74) is 1.84. The van der Waals surface area contributed by atoms with E-state index >= 15 is 0 Å². The molecule has 1 aliphatic heterocycles. The number of carbonyl (C=O) groups excluding carboxylic acids is 2. The fourth-order valence-corrected chi connectivity index (χ4v) is 3.88. The Hall–Kier alpha value is -2.22. The third kappa shape index (κ3) is 3.19. The van der Waals surface area contributed by atoms with Gasteiger partial charge in [0.15, 0.2) is 5.13 Å². The molecule has 2 amide bonds. The maximum Gasteiger partial charge on any atom is 0.231 e. The number of thiazole rings is 1. The Morgan fingerprint density at radius 1 is 1.46 bits per heavy atom. The molecule has 2 aromatic rings. The molecule has 0 unspecified atom stereocenters. The van der Waals surface area contributed by atoms with Crippen LogP contribution in [-0.4, -0.2) is 38.5 Å². The maximum atomic E-state index is 12.8. The first-order valence-corrected chi connectivity index (χ1v) is 8.87. The molecule has 2 atom stereocenters. The molecule has 0 saturated carbocycles. The van der Waals surface area contributed by atoms with Crippen molar-refractivity contribution in [3.63, 3.8) is 0 Å². The lowest BCUT2D eigenvalue weighted by Gasteiger charge is -2.37. The van der Waals surface area contributed by atoms with Crippen LogP contribution >= 0.6 is 11.3 Å². The summed E-state index contributed by atoms with van der Waals surface area (Å²) in [5.74, 6) is -0.360. The highest BCUT2D eigenvalue weighted by Gasteiger charge is 2.39. The first-order valence-electron chi connectivity index (χ1n) is 7.99. The van der Waals surface area contributed by atoms with E-state index in [-0.39, 0.29) is 23.8 Å². The van der Waals surface area contributed by atoms with Crippen LogP contribution in [0.15, 0.2) is 17.8 Å². The summed E-state index contributed by atoms with van der Waals surface area (Å²) in [4.78, 5) is 31.0. The molecule has 24 heavy (non-hydrogen) atoms. The van der Waals surface area contributed by atoms with Crippen molar-refractivity contribution < 1.29 is 9.59 Å². The molecular weight excluding hydrogens is 326 g/mol. The molecule has 0 bridgehead atoms. The van der Waals surface area contributed by atoms with Crippen molar-refractivity contribution in [2.45, 2.75) is 32.2 Å². The van der Waals surface area contributed by atoms with Crippen molar-refractivity contribution in [1.29, 1.82) is 0 Å². The highest BCUT2D eigenvalue weighted by atomic mass is 32.1. The van der Waals surface area contributed by atoms with Crippen LogP contribution in [0.4, 0.5) is 5.13 Å². The number of hydrogen-bond donors (Lipinski definition) is 1. The highest BCUT2D eigenvalue weighted by molar-refractivity contribution is 7.13. The average Bonchev–Trinajstić information content (AvgIpc) is 3.18. The number of piperidine rings is 1. The predicted octanol–water partition coefficient (Wildman–Crippen LogP) is 1.99. The van der Waals surface area contributed by atoms with Gasteiger partial charge in [-0.3, -0.25) is 14.3 Å². The van der Waals surface area contributed by atoms with E-state index in [4.69, 9.17) is 0 Å². The Bertz CT molecular complexity index is 753. The number of aryl methyl sites for hydroxylation is 2. The van der Waals surface area contributed by atoms with Crippen molar-refractivity contribution in [2.24, 2.45) is 13.0 Å². The summed E-state index contributed by atoms with van der Waals surface area (Å²) in [6.45, 7) is 2.03. The van der Waals surface area contributed by atoms with Gasteiger partial charge in [-0.15, -0.1) is 11.3 Å². The van der Waals surface area contributed by atoms with Crippen LogP contribution < -0.4 is 5.32 Å². The second-order valence-electron chi connectivity index (χ2n) is 6.03. The topological polar surface area (TPSA) is 80.1 Å². The average molecular weight is 347 g/mol. The highest BCUT2D eigenvalue weighted by Crippen LogP contribution is 2.36. The van der Waals surface area contributed by atoms with Gasteiger partial charge in [0.2, 0.25) is 11.8 Å². The zero-order chi connectivity index (χ0) is 17.3. The molecule has 7 nitrogen and oxygen atoms in total. The van der Waals surface area contributed by atoms with E-state index in [2.05, 4.69) is 15.4 Å². The molecule has 128 valence electrons. The number of anilines is 1. The summed E-state index contributed by atoms with van der Waals surface area (Å²) in [6.07, 6.45) is 5.33. The molecule has 3 heterocycles. The monoisotopic (exact) mass is 347 g/mol. The van der Waals surface area contributed by atoms with Gasteiger partial charge in [-0.2, -0.15) is 5.10 Å². The second kappa shape index (κ2) is 6.72. The van der Waals surface area contributed by atoms with Crippen LogP contribution in [-0.2, 0) is 23.1 Å². The summed E-state index contributed by atoms with van der Waals surface area (Å²) in [6, 6.07) is -0.300. The lowest BCUT2D eigenvalue weighted by molar-refractivity contribution is -0.140. The summed E-state index contributed by atoms with van der Waals surface area (Å²) in [7, 11) is 3.57. The van der Waals surface area contributed by atoms with Crippen LogP contribution in [0.5, 0.6) is 0 Å². The van der Waals surface area contributed by atoms with Crippen molar-refractivity contribution in [2.75, 3.05) is 12.4 Å². The van der Waals surface area contributed by atoms with Gasteiger partial charge in [0.1, 0.15) is 0 Å². The largest absolute Gasteiger partial charge is 0.338 e. The second-order valence-corrected chi connectivity index (χ2v) is 6.89. The van der Waals surface area contributed by atoms with Crippen LogP contribution in [0, 0.1) is 5.92 Å². The molecule has 2 aromatic heterocycles. The molecule has 3 rings (SSSR count). The summed E-state index contributed by atoms with van der Waals surface area (Å²) >= 11 is 1.43. The zero-order valence-electron chi connectivity index (χ0n) is 14.0. The molecule has 1 aliphatic rings. The number of amides is 2. The number of nitrogens with zero attached hydrogens (tertiary/aromatic N) is 4. The summed E-state index contributed by atoms with van der Waals surface area (Å²) < 4.78 is 1.69. The first-order chi connectivity index (χ1) is 11.5. The normalized spacial score (nSPS) is 21.1. The van der Waals surface area contributed by atoms with E-state index in [1.165, 1.54) is 11.3 Å². The van der Waals surface area contributed by atoms with Gasteiger partial charge in [-0.05, 0) is 12.8 Å². The zero-order valence-corrected chi connectivity index (χ0v) is 14.8. The van der Waals surface area contributed by atoms with Crippen molar-refractivity contribution in [1.82, 2.24) is 19.7 Å². The Labute approximate surface area is 144 Å². The van der Waals surface area contributed by atoms with Gasteiger partial charge in [-0.25, -0.2) is 4.98 Å². The number of hydrogen-bond acceptors (Lipinski definition) is 5. The van der Waals surface area contributed by atoms with Gasteiger partial charge < -0.3 is 10.2 Å². The SMILES string of the molecule is CCc1csc(NC(=O)[C@@H]2CCC(=O)N(C)[C@H]2c2cnn(C)c2)n1. The van der Waals surface area contributed by atoms with Crippen molar-refractivity contribution >= 4 is 28.3 Å². The minimum atomic E-state index is -0.314. The quantitative estimate of drug-likeness (QED) is 0.917. The van der Waals surface area contributed by atoms with Gasteiger partial charge in [0, 0.05) is 37.7 Å². The Morgan fingerprint density at radius 3 is 2.88 bits per heavy atom. The molecule has 0 aliphatic carbocycles. The van der Waals surface area contributed by atoms with Gasteiger partial charge >= 0.3 is 0 Å². The van der Waals surface area contributed by atoms with Gasteiger partial charge in [-0.1, -0.05) is 6.92 Å². The third-order valence-electron chi connectivity index (χ3n) is 4.41. The number of rotatable bonds is 4. The molecule has 0 radical (unpaired) electrons. The molecular formula is C16H21N5O2S. The first kappa shape index (κ1) is 16.6. The number of likely N-dealkylation sites (tertiary alicyclic amines) is 1. The summed E-state index contributed by atoms with van der Waals surface area (Å²) in [5, 5.41) is 9.65. The lowest BCUT2D eigenvalue weighted by atomic mass is 9.85. The fourth-order valence-electron chi connectivity index (χ4n) is 3.09. The Morgan fingerprint density at radius 2 is 2.25 bits per heavy atom. The van der Waals surface area contributed by atoms with E-state index in [0.29, 0.717) is 18.0 Å². The van der Waals surface area contributed by atoms with E-state index in [9.17, 15) is 9.59 Å². The Balaban J connectivity index is 1.83. The number of carbonyl (C=O) groups is 2. The van der Waals surface area contributed by atoms with E-state index in [1.54, 1.807) is 22.8 Å². The molecule has 8 heteroatoms. The van der Waals surface area contributed by atoms with Crippen LogP contribution in [0.2, 0.25) is 0 Å². The lowest BCUT2D eigenvalue weighted by Crippen LogP contribution is -2.44. The molecule has 1 N–H and O–H groups in total. The number of aromatic nitrogens is 3. The Kier molecular flexibility index (Phi) is 4.66. The van der Waals surface area contributed by atoms with Crippen molar-refractivity contribution in [3.05, 3.63) is 29.0 Å². The minimum absolute atomic E-state index is 0.0513. The van der Waals surface area contributed by atoms with Crippen LogP contribution in [0.25, 0.3) is 0 Å². The van der Waals surface area contributed by atoms with Crippen molar-refractivity contribution in [3.8, 4) is 0 Å². The number of nitrogens with one attached hydrogen (secondary N) is 1. The van der Waals surface area contributed by atoms with Crippen LogP contribution in [0.3, 0.4) is 0 Å². The molecule has 1 saturated heterocycles. The van der Waals surface area contributed by atoms with E-state index in [0.717, 1.165) is 17.7 Å². The predicted molar refractivity (Wildman–Crippen MR) is 91.6 cm³/mol. The molecule has 0 spiro atoms.